The lowest BCUT2D eigenvalue weighted by Crippen LogP contribution is -2.38. The quantitative estimate of drug-likeness (QED) is 0.844. The molecule has 0 radical (unpaired) electrons. The first-order chi connectivity index (χ1) is 13.1. The van der Waals surface area contributed by atoms with Gasteiger partial charge in [-0.1, -0.05) is 5.92 Å². The molecular weight excluding hydrogens is 342 g/mol. The standard InChI is InChI=1S/C22H23NO4/c1-5-7-23-8-6-13-10-19(27-4)22(24)21-15-12-18(26-3)17(25-2)11-14(15)9-16(23)20(13)21/h1,10-12,16,24H,6-9H2,2-4H3. The van der Waals surface area contributed by atoms with Crippen LogP contribution in [-0.4, -0.2) is 44.4 Å². The molecule has 5 nitrogen and oxygen atoms in total. The molecular formula is C22H23NO4. The smallest absolute Gasteiger partial charge is 0.166 e. The van der Waals surface area contributed by atoms with Crippen molar-refractivity contribution in [3.8, 4) is 46.5 Å². The van der Waals surface area contributed by atoms with Crippen molar-refractivity contribution in [3.63, 3.8) is 0 Å². The van der Waals surface area contributed by atoms with Crippen molar-refractivity contribution < 1.29 is 19.3 Å². The predicted octanol–water partition coefficient (Wildman–Crippen LogP) is 3.17. The van der Waals surface area contributed by atoms with Gasteiger partial charge in [0.05, 0.1) is 27.9 Å². The zero-order chi connectivity index (χ0) is 19.1. The van der Waals surface area contributed by atoms with Crippen molar-refractivity contribution in [2.45, 2.75) is 18.9 Å². The number of hydrogen-bond donors (Lipinski definition) is 1. The Kier molecular flexibility index (Phi) is 4.37. The molecule has 2 aliphatic rings. The Balaban J connectivity index is 2.01. The molecule has 0 saturated heterocycles. The lowest BCUT2D eigenvalue weighted by Gasteiger charge is -2.41. The van der Waals surface area contributed by atoms with E-state index in [4.69, 9.17) is 20.6 Å². The van der Waals surface area contributed by atoms with E-state index < -0.39 is 0 Å². The SMILES string of the molecule is C#CCN1CCc2cc(OC)c(O)c3c2C1Cc1cc(OC)c(OC)cc1-3. The van der Waals surface area contributed by atoms with Crippen LogP contribution in [0.2, 0.25) is 0 Å². The average Bonchev–Trinajstić information content (AvgIpc) is 2.70. The van der Waals surface area contributed by atoms with Gasteiger partial charge in [-0.05, 0) is 53.3 Å². The molecule has 140 valence electrons. The summed E-state index contributed by atoms with van der Waals surface area (Å²) in [5.41, 5.74) is 5.23. The van der Waals surface area contributed by atoms with Crippen LogP contribution in [0.4, 0.5) is 0 Å². The van der Waals surface area contributed by atoms with E-state index in [-0.39, 0.29) is 11.8 Å². The van der Waals surface area contributed by atoms with Crippen LogP contribution < -0.4 is 14.2 Å². The number of phenols is 1. The molecule has 1 aliphatic carbocycles. The molecule has 0 fully saturated rings. The first kappa shape index (κ1) is 17.6. The second-order valence-corrected chi connectivity index (χ2v) is 6.88. The zero-order valence-electron chi connectivity index (χ0n) is 15.8. The van der Waals surface area contributed by atoms with Gasteiger partial charge >= 0.3 is 0 Å². The number of terminal acetylenes is 1. The minimum atomic E-state index is 0.127. The van der Waals surface area contributed by atoms with Crippen molar-refractivity contribution in [3.05, 3.63) is 34.9 Å². The van der Waals surface area contributed by atoms with E-state index in [0.29, 0.717) is 23.8 Å². The van der Waals surface area contributed by atoms with Gasteiger partial charge < -0.3 is 19.3 Å². The number of aromatic hydroxyl groups is 1. The number of methoxy groups -OCH3 is 3. The van der Waals surface area contributed by atoms with Crippen LogP contribution in [0.25, 0.3) is 11.1 Å². The first-order valence-corrected chi connectivity index (χ1v) is 8.98. The summed E-state index contributed by atoms with van der Waals surface area (Å²) in [5, 5.41) is 11.0. The Hall–Kier alpha value is -2.84. The van der Waals surface area contributed by atoms with E-state index in [1.807, 2.05) is 18.2 Å². The van der Waals surface area contributed by atoms with Crippen LogP contribution in [0.3, 0.4) is 0 Å². The van der Waals surface area contributed by atoms with Gasteiger partial charge in [-0.2, -0.15) is 0 Å². The summed E-state index contributed by atoms with van der Waals surface area (Å²) in [5.74, 6) is 4.75. The molecule has 1 N–H and O–H groups in total. The third-order valence-electron chi connectivity index (χ3n) is 5.64. The maximum atomic E-state index is 11.0. The van der Waals surface area contributed by atoms with Gasteiger partial charge in [0.1, 0.15) is 0 Å². The monoisotopic (exact) mass is 365 g/mol. The lowest BCUT2D eigenvalue weighted by molar-refractivity contribution is 0.205. The zero-order valence-corrected chi connectivity index (χ0v) is 15.8. The average molecular weight is 365 g/mol. The molecule has 27 heavy (non-hydrogen) atoms. The highest BCUT2D eigenvalue weighted by Crippen LogP contribution is 2.53. The fourth-order valence-corrected chi connectivity index (χ4v) is 4.40. The highest BCUT2D eigenvalue weighted by atomic mass is 16.5. The van der Waals surface area contributed by atoms with E-state index >= 15 is 0 Å². The van der Waals surface area contributed by atoms with Crippen molar-refractivity contribution >= 4 is 0 Å². The second-order valence-electron chi connectivity index (χ2n) is 6.88. The number of benzene rings is 2. The molecule has 0 amide bonds. The van der Waals surface area contributed by atoms with Gasteiger partial charge in [0.2, 0.25) is 0 Å². The summed E-state index contributed by atoms with van der Waals surface area (Å²) in [6.45, 7) is 1.47. The largest absolute Gasteiger partial charge is 0.504 e. The maximum Gasteiger partial charge on any atom is 0.166 e. The third-order valence-corrected chi connectivity index (χ3v) is 5.64. The molecule has 1 heterocycles. The highest BCUT2D eigenvalue weighted by molar-refractivity contribution is 5.84. The van der Waals surface area contributed by atoms with E-state index in [1.165, 1.54) is 5.56 Å². The molecule has 1 unspecified atom stereocenters. The van der Waals surface area contributed by atoms with E-state index in [0.717, 1.165) is 41.6 Å². The molecule has 1 aliphatic heterocycles. The summed E-state index contributed by atoms with van der Waals surface area (Å²) in [4.78, 5) is 2.30. The van der Waals surface area contributed by atoms with Gasteiger partial charge in [-0.15, -0.1) is 6.42 Å². The number of nitrogens with zero attached hydrogens (tertiary/aromatic N) is 1. The van der Waals surface area contributed by atoms with Crippen LogP contribution in [-0.2, 0) is 12.8 Å². The van der Waals surface area contributed by atoms with Crippen LogP contribution >= 0.6 is 0 Å². The second kappa shape index (κ2) is 6.71. The van der Waals surface area contributed by atoms with Gasteiger partial charge in [0, 0.05) is 18.2 Å². The van der Waals surface area contributed by atoms with Crippen LogP contribution in [0, 0.1) is 12.3 Å². The normalized spacial score (nSPS) is 17.5. The fraction of sp³-hybridized carbons (Fsp3) is 0.364. The van der Waals surface area contributed by atoms with Gasteiger partial charge in [0.15, 0.2) is 23.0 Å². The van der Waals surface area contributed by atoms with Crippen molar-refractivity contribution in [2.24, 2.45) is 0 Å². The molecule has 4 rings (SSSR count). The number of hydrogen-bond acceptors (Lipinski definition) is 5. The Labute approximate surface area is 159 Å². The molecule has 5 heteroatoms. The Morgan fingerprint density at radius 3 is 2.41 bits per heavy atom. The van der Waals surface area contributed by atoms with E-state index in [1.54, 1.807) is 21.3 Å². The topological polar surface area (TPSA) is 51.2 Å². The fourth-order valence-electron chi connectivity index (χ4n) is 4.40. The molecule has 1 atom stereocenters. The number of rotatable bonds is 4. The summed E-state index contributed by atoms with van der Waals surface area (Å²) in [6, 6.07) is 6.03. The highest BCUT2D eigenvalue weighted by Gasteiger charge is 2.37. The van der Waals surface area contributed by atoms with Crippen molar-refractivity contribution in [1.82, 2.24) is 4.90 Å². The summed E-state index contributed by atoms with van der Waals surface area (Å²) >= 11 is 0. The third kappa shape index (κ3) is 2.60. The summed E-state index contributed by atoms with van der Waals surface area (Å²) in [6.07, 6.45) is 7.29. The van der Waals surface area contributed by atoms with E-state index in [9.17, 15) is 5.11 Å². The molecule has 0 saturated carbocycles. The predicted molar refractivity (Wildman–Crippen MR) is 104 cm³/mol. The lowest BCUT2D eigenvalue weighted by atomic mass is 9.76. The van der Waals surface area contributed by atoms with Gasteiger partial charge in [-0.3, -0.25) is 4.90 Å². The van der Waals surface area contributed by atoms with Crippen molar-refractivity contribution in [2.75, 3.05) is 34.4 Å². The minimum absolute atomic E-state index is 0.127. The van der Waals surface area contributed by atoms with E-state index in [2.05, 4.69) is 10.8 Å². The Morgan fingerprint density at radius 2 is 1.74 bits per heavy atom. The number of ether oxygens (including phenoxy) is 3. The Bertz CT molecular complexity index is 945. The molecule has 0 aromatic heterocycles. The van der Waals surface area contributed by atoms with Gasteiger partial charge in [-0.25, -0.2) is 0 Å². The summed E-state index contributed by atoms with van der Waals surface area (Å²) < 4.78 is 16.4. The minimum Gasteiger partial charge on any atom is -0.504 e. The molecule has 0 spiro atoms. The summed E-state index contributed by atoms with van der Waals surface area (Å²) in [7, 11) is 4.83. The van der Waals surface area contributed by atoms with Crippen LogP contribution in [0.15, 0.2) is 18.2 Å². The van der Waals surface area contributed by atoms with Crippen molar-refractivity contribution in [1.29, 1.82) is 0 Å². The molecule has 2 aromatic carbocycles. The number of phenolic OH excluding ortho intramolecular Hbond substituents is 1. The molecule has 0 bridgehead atoms. The maximum absolute atomic E-state index is 11.0. The Morgan fingerprint density at radius 1 is 1.07 bits per heavy atom. The van der Waals surface area contributed by atoms with Crippen LogP contribution in [0.1, 0.15) is 22.7 Å². The first-order valence-electron chi connectivity index (χ1n) is 8.98. The van der Waals surface area contributed by atoms with Gasteiger partial charge in [0.25, 0.3) is 0 Å². The number of fused-ring (bicyclic) bond motifs is 2. The molecule has 2 aromatic rings. The van der Waals surface area contributed by atoms with Crippen LogP contribution in [0.5, 0.6) is 23.0 Å².